The largest absolute Gasteiger partial charge is 0.388 e. The van der Waals surface area contributed by atoms with Crippen molar-refractivity contribution in [2.75, 3.05) is 0 Å². The molecular weight excluding hydrogens is 570 g/mol. The lowest BCUT2D eigenvalue weighted by Crippen LogP contribution is -2.49. The SMILES string of the molecule is CC(C)CC(O)c1ccc([C@H](C)C(C(N)=O)([C@@H](C)c2ccc(C(O)CC(C)C)cc2)[C@@H](C)c2ccc(C(O)CC(C)C)cc2)cc1. The molecule has 0 saturated heterocycles. The fraction of sp³-hybridized carbons (Fsp3) is 0.537. The highest BCUT2D eigenvalue weighted by atomic mass is 16.3. The molecule has 3 aromatic carbocycles. The molecular formula is C41H59NO4. The molecule has 3 rings (SSSR count). The van der Waals surface area contributed by atoms with Crippen molar-refractivity contribution < 1.29 is 20.1 Å². The zero-order chi connectivity index (χ0) is 34.3. The number of primary amides is 1. The minimum atomic E-state index is -1.03. The highest BCUT2D eigenvalue weighted by Gasteiger charge is 2.52. The molecule has 0 aromatic heterocycles. The summed E-state index contributed by atoms with van der Waals surface area (Å²) in [5, 5.41) is 32.3. The number of carbonyl (C=O) groups is 1. The summed E-state index contributed by atoms with van der Waals surface area (Å²) >= 11 is 0. The van der Waals surface area contributed by atoms with Crippen molar-refractivity contribution in [1.82, 2.24) is 0 Å². The van der Waals surface area contributed by atoms with Crippen LogP contribution in [0.5, 0.6) is 0 Å². The van der Waals surface area contributed by atoms with Gasteiger partial charge in [0.05, 0.1) is 23.7 Å². The molecule has 6 atom stereocenters. The maximum atomic E-state index is 14.1. The van der Waals surface area contributed by atoms with E-state index in [1.807, 2.05) is 72.8 Å². The van der Waals surface area contributed by atoms with Gasteiger partial charge in [0.2, 0.25) is 5.91 Å². The van der Waals surface area contributed by atoms with Crippen molar-refractivity contribution in [1.29, 1.82) is 0 Å². The Morgan fingerprint density at radius 3 is 0.848 bits per heavy atom. The van der Waals surface area contributed by atoms with Gasteiger partial charge >= 0.3 is 0 Å². The molecule has 0 saturated carbocycles. The first-order valence-electron chi connectivity index (χ1n) is 17.2. The molecule has 3 aromatic rings. The standard InChI is InChI=1S/C41H59NO4/c1-25(2)22-37(43)34-16-10-31(11-17-34)28(7)41(40(42)46,29(8)32-12-18-35(19-13-32)38(44)23-26(3)4)30(9)33-14-20-36(21-15-33)39(45)24-27(5)6/h10-21,25-30,37-39,43-45H,22-24H2,1-9H3,(H2,42,46)/t28-,29-,30-,37?,38?,39?,41?/m0/s1. The zero-order valence-corrected chi connectivity index (χ0v) is 29.6. The number of aliphatic hydroxyl groups is 3. The number of nitrogens with two attached hydrogens (primary N) is 1. The molecule has 0 radical (unpaired) electrons. The highest BCUT2D eigenvalue weighted by molar-refractivity contribution is 5.84. The average Bonchev–Trinajstić information content (AvgIpc) is 3.00. The molecule has 252 valence electrons. The Bertz CT molecular complexity index is 1200. The van der Waals surface area contributed by atoms with Crippen molar-refractivity contribution in [2.45, 2.75) is 118 Å². The monoisotopic (exact) mass is 629 g/mol. The third-order valence-corrected chi connectivity index (χ3v) is 10.1. The van der Waals surface area contributed by atoms with Crippen LogP contribution in [-0.2, 0) is 4.79 Å². The Kier molecular flexibility index (Phi) is 13.2. The predicted octanol–water partition coefficient (Wildman–Crippen LogP) is 9.11. The van der Waals surface area contributed by atoms with Crippen molar-refractivity contribution in [2.24, 2.45) is 28.9 Å². The number of amides is 1. The van der Waals surface area contributed by atoms with Crippen LogP contribution in [0.3, 0.4) is 0 Å². The smallest absolute Gasteiger partial charge is 0.225 e. The van der Waals surface area contributed by atoms with Gasteiger partial charge in [0, 0.05) is 0 Å². The van der Waals surface area contributed by atoms with E-state index < -0.39 is 23.7 Å². The van der Waals surface area contributed by atoms with Gasteiger partial charge in [-0.25, -0.2) is 0 Å². The summed E-state index contributed by atoms with van der Waals surface area (Å²) in [5.41, 5.74) is 11.0. The second kappa shape index (κ2) is 16.2. The summed E-state index contributed by atoms with van der Waals surface area (Å²) in [7, 11) is 0. The van der Waals surface area contributed by atoms with Gasteiger partial charge in [-0.15, -0.1) is 0 Å². The Labute approximate surface area is 278 Å². The number of aliphatic hydroxyl groups excluding tert-OH is 3. The third-order valence-electron chi connectivity index (χ3n) is 10.1. The minimum Gasteiger partial charge on any atom is -0.388 e. The van der Waals surface area contributed by atoms with Crippen LogP contribution in [0, 0.1) is 23.2 Å². The summed E-state index contributed by atoms with van der Waals surface area (Å²) in [6.07, 6.45) is 0.403. The maximum absolute atomic E-state index is 14.1. The number of hydrogen-bond acceptors (Lipinski definition) is 4. The zero-order valence-electron chi connectivity index (χ0n) is 29.6. The quantitative estimate of drug-likeness (QED) is 0.127. The molecule has 1 amide bonds. The van der Waals surface area contributed by atoms with Gasteiger partial charge in [-0.3, -0.25) is 4.79 Å². The number of benzene rings is 3. The molecule has 0 aliphatic heterocycles. The second-order valence-corrected chi connectivity index (χ2v) is 14.9. The molecule has 3 unspecified atom stereocenters. The molecule has 0 fully saturated rings. The van der Waals surface area contributed by atoms with Crippen LogP contribution in [0.25, 0.3) is 0 Å². The summed E-state index contributed by atoms with van der Waals surface area (Å²) in [6.45, 7) is 18.8. The van der Waals surface area contributed by atoms with Crippen LogP contribution < -0.4 is 5.73 Å². The third kappa shape index (κ3) is 8.67. The lowest BCUT2D eigenvalue weighted by molar-refractivity contribution is -0.131. The van der Waals surface area contributed by atoms with Crippen LogP contribution in [-0.4, -0.2) is 21.2 Å². The lowest BCUT2D eigenvalue weighted by Gasteiger charge is -2.46. The number of carbonyl (C=O) groups excluding carboxylic acids is 1. The van der Waals surface area contributed by atoms with Crippen molar-refractivity contribution >= 4 is 5.91 Å². The first kappa shape index (κ1) is 37.5. The fourth-order valence-electron chi connectivity index (χ4n) is 7.36. The van der Waals surface area contributed by atoms with E-state index in [1.54, 1.807) is 0 Å². The predicted molar refractivity (Wildman–Crippen MR) is 189 cm³/mol. The normalized spacial score (nSPS) is 17.4. The summed E-state index contributed by atoms with van der Waals surface area (Å²) in [5.74, 6) is -0.0939. The van der Waals surface area contributed by atoms with Gasteiger partial charge in [-0.05, 0) is 88.2 Å². The fourth-order valence-corrected chi connectivity index (χ4v) is 7.36. The average molecular weight is 630 g/mol. The van der Waals surface area contributed by atoms with Gasteiger partial charge in [0.15, 0.2) is 0 Å². The van der Waals surface area contributed by atoms with Crippen molar-refractivity contribution in [3.05, 3.63) is 106 Å². The van der Waals surface area contributed by atoms with Gasteiger partial charge in [-0.2, -0.15) is 0 Å². The molecule has 5 N–H and O–H groups in total. The van der Waals surface area contributed by atoms with Gasteiger partial charge in [-0.1, -0.05) is 135 Å². The topological polar surface area (TPSA) is 104 Å². The van der Waals surface area contributed by atoms with Crippen LogP contribution in [0.4, 0.5) is 0 Å². The molecule has 5 heteroatoms. The van der Waals surface area contributed by atoms with E-state index in [2.05, 4.69) is 62.3 Å². The molecule has 46 heavy (non-hydrogen) atoms. The highest BCUT2D eigenvalue weighted by Crippen LogP contribution is 2.55. The molecule has 0 aliphatic rings. The Balaban J connectivity index is 2.12. The van der Waals surface area contributed by atoms with Gasteiger partial charge < -0.3 is 21.1 Å². The van der Waals surface area contributed by atoms with E-state index >= 15 is 0 Å². The van der Waals surface area contributed by atoms with Crippen LogP contribution in [0.1, 0.15) is 151 Å². The molecule has 0 aliphatic carbocycles. The van der Waals surface area contributed by atoms with Crippen LogP contribution in [0.2, 0.25) is 0 Å². The van der Waals surface area contributed by atoms with Crippen LogP contribution in [0.15, 0.2) is 72.8 Å². The lowest BCUT2D eigenvalue weighted by atomic mass is 9.55. The Morgan fingerprint density at radius 2 is 0.674 bits per heavy atom. The summed E-state index contributed by atoms with van der Waals surface area (Å²) in [4.78, 5) is 14.1. The van der Waals surface area contributed by atoms with E-state index in [0.717, 1.165) is 33.4 Å². The van der Waals surface area contributed by atoms with Gasteiger partial charge in [0.1, 0.15) is 0 Å². The van der Waals surface area contributed by atoms with Crippen molar-refractivity contribution in [3.63, 3.8) is 0 Å². The summed E-state index contributed by atoms with van der Waals surface area (Å²) < 4.78 is 0. The number of rotatable bonds is 16. The van der Waals surface area contributed by atoms with Gasteiger partial charge in [0.25, 0.3) is 0 Å². The van der Waals surface area contributed by atoms with E-state index in [0.29, 0.717) is 37.0 Å². The molecule has 5 nitrogen and oxygen atoms in total. The van der Waals surface area contributed by atoms with E-state index in [1.165, 1.54) is 0 Å². The van der Waals surface area contributed by atoms with E-state index in [9.17, 15) is 20.1 Å². The summed E-state index contributed by atoms with van der Waals surface area (Å²) in [6, 6.07) is 24.0. The van der Waals surface area contributed by atoms with E-state index in [4.69, 9.17) is 5.73 Å². The Hall–Kier alpha value is -2.99. The molecule has 0 spiro atoms. The second-order valence-electron chi connectivity index (χ2n) is 14.9. The molecule has 0 bridgehead atoms. The molecule has 0 heterocycles. The Morgan fingerprint density at radius 1 is 0.478 bits per heavy atom. The van der Waals surface area contributed by atoms with Crippen LogP contribution >= 0.6 is 0 Å². The maximum Gasteiger partial charge on any atom is 0.225 e. The number of hydrogen-bond donors (Lipinski definition) is 4. The first-order valence-corrected chi connectivity index (χ1v) is 17.2. The van der Waals surface area contributed by atoms with E-state index in [-0.39, 0.29) is 23.7 Å². The first-order chi connectivity index (χ1) is 21.6. The minimum absolute atomic E-state index is 0.274. The van der Waals surface area contributed by atoms with Crippen molar-refractivity contribution in [3.8, 4) is 0 Å².